The Morgan fingerprint density at radius 2 is 2.08 bits per heavy atom. The lowest BCUT2D eigenvalue weighted by molar-refractivity contribution is -0.127. The highest BCUT2D eigenvalue weighted by Crippen LogP contribution is 1.95. The topological polar surface area (TPSA) is 84.2 Å². The molecule has 0 aromatic carbocycles. The molecule has 4 N–H and O–H groups in total. The Labute approximate surface area is 78.1 Å². The molecule has 13 heavy (non-hydrogen) atoms. The summed E-state index contributed by atoms with van der Waals surface area (Å²) >= 11 is 0. The Morgan fingerprint density at radius 1 is 1.46 bits per heavy atom. The van der Waals surface area contributed by atoms with E-state index in [4.69, 9.17) is 5.73 Å². The van der Waals surface area contributed by atoms with Crippen LogP contribution in [0.2, 0.25) is 0 Å². The molecule has 5 heteroatoms. The van der Waals surface area contributed by atoms with Crippen LogP contribution in [-0.4, -0.2) is 31.4 Å². The first-order valence-electron chi connectivity index (χ1n) is 4.30. The molecular weight excluding hydrogens is 170 g/mol. The minimum Gasteiger partial charge on any atom is -0.357 e. The third kappa shape index (κ3) is 5.19. The van der Waals surface area contributed by atoms with Crippen molar-refractivity contribution in [3.63, 3.8) is 0 Å². The molecule has 0 fully saturated rings. The van der Waals surface area contributed by atoms with Gasteiger partial charge in [0.25, 0.3) is 0 Å². The first-order valence-corrected chi connectivity index (χ1v) is 4.30. The van der Waals surface area contributed by atoms with Crippen LogP contribution in [0.15, 0.2) is 0 Å². The Bertz CT molecular complexity index is 182. The van der Waals surface area contributed by atoms with Crippen LogP contribution >= 0.6 is 0 Å². The fourth-order valence-corrected chi connectivity index (χ4v) is 1.01. The maximum Gasteiger partial charge on any atom is 0.242 e. The van der Waals surface area contributed by atoms with Crippen molar-refractivity contribution in [2.45, 2.75) is 25.8 Å². The average Bonchev–Trinajstić information content (AvgIpc) is 2.10. The van der Waals surface area contributed by atoms with Crippen molar-refractivity contribution >= 4 is 11.8 Å². The Morgan fingerprint density at radius 3 is 2.46 bits per heavy atom. The van der Waals surface area contributed by atoms with Gasteiger partial charge in [-0.3, -0.25) is 9.59 Å². The molecular formula is C8H17N3O2. The molecule has 2 amide bonds. The summed E-state index contributed by atoms with van der Waals surface area (Å²) < 4.78 is 0. The number of nitrogens with one attached hydrogen (secondary N) is 2. The van der Waals surface area contributed by atoms with Gasteiger partial charge in [0, 0.05) is 14.0 Å². The number of carbonyl (C=O) groups excluding carboxylic acids is 2. The second-order valence-corrected chi connectivity index (χ2v) is 2.80. The van der Waals surface area contributed by atoms with Crippen molar-refractivity contribution in [1.29, 1.82) is 0 Å². The van der Waals surface area contributed by atoms with Crippen LogP contribution < -0.4 is 16.4 Å². The van der Waals surface area contributed by atoms with Gasteiger partial charge in [0.1, 0.15) is 6.04 Å². The molecule has 0 heterocycles. The van der Waals surface area contributed by atoms with Crippen molar-refractivity contribution in [3.05, 3.63) is 0 Å². The molecule has 1 unspecified atom stereocenters. The third-order valence-corrected chi connectivity index (χ3v) is 1.64. The summed E-state index contributed by atoms with van der Waals surface area (Å²) in [5.74, 6) is -0.380. The number of hydrogen-bond donors (Lipinski definition) is 3. The standard InChI is InChI=1S/C8H17N3O2/c1-6(12)11-7(4-3-5-9)8(13)10-2/h7H,3-5,9H2,1-2H3,(H,10,13)(H,11,12). The Hall–Kier alpha value is -1.10. The lowest BCUT2D eigenvalue weighted by Gasteiger charge is -2.15. The maximum absolute atomic E-state index is 11.2. The molecule has 0 saturated carbocycles. The fourth-order valence-electron chi connectivity index (χ4n) is 1.01. The zero-order valence-corrected chi connectivity index (χ0v) is 8.09. The monoisotopic (exact) mass is 187 g/mol. The van der Waals surface area contributed by atoms with Gasteiger partial charge >= 0.3 is 0 Å². The van der Waals surface area contributed by atoms with E-state index in [1.165, 1.54) is 6.92 Å². The van der Waals surface area contributed by atoms with E-state index in [0.29, 0.717) is 13.0 Å². The van der Waals surface area contributed by atoms with E-state index in [9.17, 15) is 9.59 Å². The van der Waals surface area contributed by atoms with Gasteiger partial charge in [0.2, 0.25) is 11.8 Å². The van der Waals surface area contributed by atoms with Gasteiger partial charge in [-0.05, 0) is 19.4 Å². The molecule has 0 aromatic heterocycles. The first kappa shape index (κ1) is 11.9. The van der Waals surface area contributed by atoms with Gasteiger partial charge in [-0.2, -0.15) is 0 Å². The Kier molecular flexibility index (Phi) is 5.88. The summed E-state index contributed by atoms with van der Waals surface area (Å²) in [4.78, 5) is 21.9. The predicted molar refractivity (Wildman–Crippen MR) is 50.0 cm³/mol. The molecule has 0 saturated heterocycles. The molecule has 0 radical (unpaired) electrons. The SMILES string of the molecule is CNC(=O)C(CCCN)NC(C)=O. The Balaban J connectivity index is 4.02. The van der Waals surface area contributed by atoms with E-state index in [0.717, 1.165) is 6.42 Å². The summed E-state index contributed by atoms with van der Waals surface area (Å²) in [6, 6.07) is -0.453. The highest BCUT2D eigenvalue weighted by molar-refractivity contribution is 5.86. The largest absolute Gasteiger partial charge is 0.357 e. The second-order valence-electron chi connectivity index (χ2n) is 2.80. The number of hydrogen-bond acceptors (Lipinski definition) is 3. The van der Waals surface area contributed by atoms with Gasteiger partial charge in [-0.15, -0.1) is 0 Å². The molecule has 5 nitrogen and oxygen atoms in total. The number of likely N-dealkylation sites (N-methyl/N-ethyl adjacent to an activating group) is 1. The van der Waals surface area contributed by atoms with Gasteiger partial charge in [-0.25, -0.2) is 0 Å². The minimum atomic E-state index is -0.453. The quantitative estimate of drug-likeness (QED) is 0.515. The molecule has 0 bridgehead atoms. The van der Waals surface area contributed by atoms with E-state index in [2.05, 4.69) is 10.6 Å². The third-order valence-electron chi connectivity index (χ3n) is 1.64. The van der Waals surface area contributed by atoms with Crippen molar-refractivity contribution < 1.29 is 9.59 Å². The van der Waals surface area contributed by atoms with Crippen LogP contribution in [0.25, 0.3) is 0 Å². The van der Waals surface area contributed by atoms with E-state index in [1.54, 1.807) is 7.05 Å². The predicted octanol–water partition coefficient (Wildman–Crippen LogP) is -1.02. The molecule has 0 rings (SSSR count). The maximum atomic E-state index is 11.2. The van der Waals surface area contributed by atoms with Crippen molar-refractivity contribution in [2.75, 3.05) is 13.6 Å². The van der Waals surface area contributed by atoms with Crippen LogP contribution in [0.3, 0.4) is 0 Å². The number of nitrogens with two attached hydrogens (primary N) is 1. The lowest BCUT2D eigenvalue weighted by atomic mass is 10.1. The fraction of sp³-hybridized carbons (Fsp3) is 0.750. The van der Waals surface area contributed by atoms with Gasteiger partial charge in [0.05, 0.1) is 0 Å². The smallest absolute Gasteiger partial charge is 0.242 e. The van der Waals surface area contributed by atoms with Crippen LogP contribution in [-0.2, 0) is 9.59 Å². The number of carbonyl (C=O) groups is 2. The van der Waals surface area contributed by atoms with E-state index in [1.807, 2.05) is 0 Å². The lowest BCUT2D eigenvalue weighted by Crippen LogP contribution is -2.45. The molecule has 0 aliphatic carbocycles. The highest BCUT2D eigenvalue weighted by atomic mass is 16.2. The zero-order valence-electron chi connectivity index (χ0n) is 8.09. The summed E-state index contributed by atoms with van der Waals surface area (Å²) in [5.41, 5.74) is 5.30. The summed E-state index contributed by atoms with van der Waals surface area (Å²) in [6.45, 7) is 1.91. The van der Waals surface area contributed by atoms with E-state index < -0.39 is 6.04 Å². The average molecular weight is 187 g/mol. The molecule has 0 spiro atoms. The normalized spacial score (nSPS) is 11.9. The van der Waals surface area contributed by atoms with E-state index >= 15 is 0 Å². The van der Waals surface area contributed by atoms with Crippen LogP contribution in [0, 0.1) is 0 Å². The highest BCUT2D eigenvalue weighted by Gasteiger charge is 2.16. The van der Waals surface area contributed by atoms with Crippen molar-refractivity contribution in [3.8, 4) is 0 Å². The summed E-state index contributed by atoms with van der Waals surface area (Å²) in [6.07, 6.45) is 1.30. The van der Waals surface area contributed by atoms with Crippen LogP contribution in [0.4, 0.5) is 0 Å². The number of amides is 2. The first-order chi connectivity index (χ1) is 6.11. The van der Waals surface area contributed by atoms with Gasteiger partial charge in [-0.1, -0.05) is 0 Å². The van der Waals surface area contributed by atoms with Crippen molar-refractivity contribution in [1.82, 2.24) is 10.6 Å². The minimum absolute atomic E-state index is 0.177. The molecule has 0 aliphatic rings. The summed E-state index contributed by atoms with van der Waals surface area (Å²) in [7, 11) is 1.54. The molecule has 0 aromatic rings. The number of rotatable bonds is 5. The summed E-state index contributed by atoms with van der Waals surface area (Å²) in [5, 5.41) is 5.04. The van der Waals surface area contributed by atoms with Crippen LogP contribution in [0.1, 0.15) is 19.8 Å². The van der Waals surface area contributed by atoms with Crippen molar-refractivity contribution in [2.24, 2.45) is 5.73 Å². The molecule has 1 atom stereocenters. The molecule has 76 valence electrons. The van der Waals surface area contributed by atoms with Crippen LogP contribution in [0.5, 0.6) is 0 Å². The van der Waals surface area contributed by atoms with E-state index in [-0.39, 0.29) is 11.8 Å². The van der Waals surface area contributed by atoms with Gasteiger partial charge < -0.3 is 16.4 Å². The van der Waals surface area contributed by atoms with Gasteiger partial charge in [0.15, 0.2) is 0 Å². The zero-order chi connectivity index (χ0) is 10.3. The molecule has 0 aliphatic heterocycles. The second kappa shape index (κ2) is 6.42.